The molecule has 0 rings (SSSR count). The Morgan fingerprint density at radius 2 is 0.745 bits per heavy atom. The Labute approximate surface area is 343 Å². The van der Waals surface area contributed by atoms with Gasteiger partial charge in [-0.2, -0.15) is 0 Å². The van der Waals surface area contributed by atoms with Crippen molar-refractivity contribution >= 4 is 11.9 Å². The number of aliphatic hydroxyl groups excluding tert-OH is 2. The van der Waals surface area contributed by atoms with Crippen LogP contribution in [0.25, 0.3) is 0 Å². The van der Waals surface area contributed by atoms with Crippen LogP contribution in [0.3, 0.4) is 0 Å². The van der Waals surface area contributed by atoms with Crippen molar-refractivity contribution in [2.24, 2.45) is 0 Å². The zero-order chi connectivity index (χ0) is 40.1. The van der Waals surface area contributed by atoms with Crippen LogP contribution in [0.1, 0.15) is 277 Å². The predicted molar refractivity (Wildman–Crippen MR) is 237 cm³/mol. The molecule has 0 saturated heterocycles. The number of rotatable bonds is 46. The fraction of sp³-hybridized carbons (Fsp3) is 0.959. The third-order valence-electron chi connectivity index (χ3n) is 11.7. The highest BCUT2D eigenvalue weighted by Gasteiger charge is 2.20. The molecule has 0 aromatic heterocycles. The van der Waals surface area contributed by atoms with E-state index in [1.807, 2.05) is 0 Å². The van der Waals surface area contributed by atoms with Gasteiger partial charge < -0.3 is 20.3 Å². The maximum atomic E-state index is 12.4. The highest BCUT2D eigenvalue weighted by atomic mass is 16.5. The lowest BCUT2D eigenvalue weighted by Gasteiger charge is -2.22. The van der Waals surface area contributed by atoms with Gasteiger partial charge in [-0.15, -0.1) is 0 Å². The number of carbonyl (C=O) groups excluding carboxylic acids is 2. The van der Waals surface area contributed by atoms with Crippen LogP contribution in [0.2, 0.25) is 0 Å². The number of amides is 1. The van der Waals surface area contributed by atoms with E-state index < -0.39 is 12.1 Å². The normalized spacial score (nSPS) is 12.6. The molecule has 3 N–H and O–H groups in total. The van der Waals surface area contributed by atoms with Crippen LogP contribution in [0.5, 0.6) is 0 Å². The number of aliphatic hydroxyl groups is 2. The minimum atomic E-state index is -0.671. The molecule has 0 aromatic rings. The van der Waals surface area contributed by atoms with Crippen molar-refractivity contribution < 1.29 is 24.5 Å². The number of ether oxygens (including phenoxy) is 1. The first kappa shape index (κ1) is 53.9. The van der Waals surface area contributed by atoms with Gasteiger partial charge >= 0.3 is 5.97 Å². The molecule has 6 nitrogen and oxygen atoms in total. The molecule has 328 valence electrons. The van der Waals surface area contributed by atoms with E-state index in [1.54, 1.807) is 0 Å². The lowest BCUT2D eigenvalue weighted by molar-refractivity contribution is -0.143. The topological polar surface area (TPSA) is 95.9 Å². The van der Waals surface area contributed by atoms with Crippen LogP contribution < -0.4 is 5.32 Å². The highest BCUT2D eigenvalue weighted by molar-refractivity contribution is 5.76. The van der Waals surface area contributed by atoms with Gasteiger partial charge in [0.15, 0.2) is 0 Å². The van der Waals surface area contributed by atoms with Crippen LogP contribution in [0.4, 0.5) is 0 Å². The molecule has 0 aliphatic heterocycles. The molecule has 0 aromatic carbocycles. The number of esters is 1. The second-order valence-electron chi connectivity index (χ2n) is 17.2. The Morgan fingerprint density at radius 1 is 0.436 bits per heavy atom. The summed E-state index contributed by atoms with van der Waals surface area (Å²) in [6, 6.07) is -0.550. The Balaban J connectivity index is 3.43. The van der Waals surface area contributed by atoms with E-state index in [0.717, 1.165) is 57.8 Å². The molecule has 0 heterocycles. The van der Waals surface area contributed by atoms with E-state index in [4.69, 9.17) is 4.74 Å². The van der Waals surface area contributed by atoms with Gasteiger partial charge in [0.1, 0.15) is 0 Å². The lowest BCUT2D eigenvalue weighted by atomic mass is 10.0. The average molecular weight is 780 g/mol. The summed E-state index contributed by atoms with van der Waals surface area (Å²) in [6.45, 7) is 4.92. The summed E-state index contributed by atoms with van der Waals surface area (Å²) in [5.41, 5.74) is 0. The first-order chi connectivity index (χ1) is 27.0. The Hall–Kier alpha value is -1.14. The molecule has 55 heavy (non-hydrogen) atoms. The molecule has 0 fully saturated rings. The molecule has 6 heteroatoms. The number of carbonyl (C=O) groups is 2. The summed E-state index contributed by atoms with van der Waals surface area (Å²) >= 11 is 0. The molecule has 0 saturated carbocycles. The predicted octanol–water partition coefficient (Wildman–Crippen LogP) is 14.4. The van der Waals surface area contributed by atoms with Gasteiger partial charge in [-0.1, -0.05) is 239 Å². The standard InChI is InChI=1S/C49H97NO5/c1-3-5-7-9-11-13-15-17-18-23-27-31-35-39-43-49(54)55-44-40-36-32-28-24-20-19-22-26-30-34-38-42-48(53)50-46(45-51)47(52)41-37-33-29-25-21-16-14-12-10-8-6-4-2/h46-47,51-52H,3-45H2,1-2H3,(H,50,53). The number of unbranched alkanes of at least 4 members (excludes halogenated alkanes) is 35. The minimum Gasteiger partial charge on any atom is -0.466 e. The Morgan fingerprint density at radius 3 is 1.11 bits per heavy atom. The Kier molecular flexibility index (Phi) is 44.6. The molecule has 0 aliphatic rings. The van der Waals surface area contributed by atoms with Crippen molar-refractivity contribution in [1.29, 1.82) is 0 Å². The van der Waals surface area contributed by atoms with Crippen molar-refractivity contribution in [2.45, 2.75) is 289 Å². The zero-order valence-corrected chi connectivity index (χ0v) is 37.2. The number of hydrogen-bond donors (Lipinski definition) is 3. The van der Waals surface area contributed by atoms with Gasteiger partial charge in [0.2, 0.25) is 5.91 Å². The summed E-state index contributed by atoms with van der Waals surface area (Å²) in [4.78, 5) is 24.4. The molecular weight excluding hydrogens is 683 g/mol. The summed E-state index contributed by atoms with van der Waals surface area (Å²) in [5.74, 6) is -0.0565. The molecule has 0 bridgehead atoms. The summed E-state index contributed by atoms with van der Waals surface area (Å²) in [5, 5.41) is 23.1. The van der Waals surface area contributed by atoms with E-state index in [9.17, 15) is 19.8 Å². The lowest BCUT2D eigenvalue weighted by Crippen LogP contribution is -2.45. The first-order valence-electron chi connectivity index (χ1n) is 24.8. The largest absolute Gasteiger partial charge is 0.466 e. The molecular formula is C49H97NO5. The van der Waals surface area contributed by atoms with Gasteiger partial charge in [0.05, 0.1) is 25.4 Å². The van der Waals surface area contributed by atoms with E-state index >= 15 is 0 Å². The van der Waals surface area contributed by atoms with Gasteiger partial charge in [0.25, 0.3) is 0 Å². The van der Waals surface area contributed by atoms with Crippen molar-refractivity contribution in [2.75, 3.05) is 13.2 Å². The van der Waals surface area contributed by atoms with Crippen molar-refractivity contribution in [3.05, 3.63) is 0 Å². The molecule has 0 aliphatic carbocycles. The maximum Gasteiger partial charge on any atom is 0.305 e. The van der Waals surface area contributed by atoms with Crippen LogP contribution >= 0.6 is 0 Å². The second kappa shape index (κ2) is 45.6. The molecule has 1 amide bonds. The third-order valence-corrected chi connectivity index (χ3v) is 11.7. The summed E-state index contributed by atoms with van der Waals surface area (Å²) < 4.78 is 5.46. The fourth-order valence-corrected chi connectivity index (χ4v) is 7.82. The molecule has 2 atom stereocenters. The molecule has 2 unspecified atom stereocenters. The maximum absolute atomic E-state index is 12.4. The Bertz CT molecular complexity index is 776. The molecule has 0 spiro atoms. The SMILES string of the molecule is CCCCCCCCCCCCCCCCC(=O)OCCCCCCCCCCCCCCC(=O)NC(CO)C(O)CCCCCCCCCCCCCC. The van der Waals surface area contributed by atoms with Gasteiger partial charge in [-0.3, -0.25) is 9.59 Å². The van der Waals surface area contributed by atoms with Crippen molar-refractivity contribution in [3.63, 3.8) is 0 Å². The molecule has 0 radical (unpaired) electrons. The van der Waals surface area contributed by atoms with Crippen LogP contribution in [-0.4, -0.2) is 47.4 Å². The van der Waals surface area contributed by atoms with Crippen molar-refractivity contribution in [3.8, 4) is 0 Å². The van der Waals surface area contributed by atoms with E-state index in [2.05, 4.69) is 19.2 Å². The van der Waals surface area contributed by atoms with Gasteiger partial charge in [-0.05, 0) is 25.7 Å². The minimum absolute atomic E-state index is 0.00668. The fourth-order valence-electron chi connectivity index (χ4n) is 7.82. The van der Waals surface area contributed by atoms with E-state index in [-0.39, 0.29) is 18.5 Å². The van der Waals surface area contributed by atoms with E-state index in [1.165, 1.54) is 186 Å². The number of nitrogens with one attached hydrogen (secondary N) is 1. The van der Waals surface area contributed by atoms with Crippen LogP contribution in [0.15, 0.2) is 0 Å². The highest BCUT2D eigenvalue weighted by Crippen LogP contribution is 2.17. The summed E-state index contributed by atoms with van der Waals surface area (Å²) in [6.07, 6.45) is 49.2. The smallest absolute Gasteiger partial charge is 0.305 e. The van der Waals surface area contributed by atoms with Crippen molar-refractivity contribution in [1.82, 2.24) is 5.32 Å². The first-order valence-corrected chi connectivity index (χ1v) is 24.8. The average Bonchev–Trinajstić information content (AvgIpc) is 3.18. The van der Waals surface area contributed by atoms with Crippen LogP contribution in [-0.2, 0) is 14.3 Å². The van der Waals surface area contributed by atoms with E-state index in [0.29, 0.717) is 25.9 Å². The summed E-state index contributed by atoms with van der Waals surface area (Å²) in [7, 11) is 0. The monoisotopic (exact) mass is 780 g/mol. The second-order valence-corrected chi connectivity index (χ2v) is 17.2. The zero-order valence-electron chi connectivity index (χ0n) is 37.2. The van der Waals surface area contributed by atoms with Gasteiger partial charge in [0, 0.05) is 12.8 Å². The van der Waals surface area contributed by atoms with Crippen LogP contribution in [0, 0.1) is 0 Å². The quantitative estimate of drug-likeness (QED) is 0.0422. The van der Waals surface area contributed by atoms with Gasteiger partial charge in [-0.25, -0.2) is 0 Å². The third kappa shape index (κ3) is 42.3. The number of hydrogen-bond acceptors (Lipinski definition) is 5.